The fourth-order valence-corrected chi connectivity index (χ4v) is 2.03. The molecule has 2 rings (SSSR count). The van der Waals surface area contributed by atoms with Gasteiger partial charge in [0.15, 0.2) is 0 Å². The van der Waals surface area contributed by atoms with E-state index in [9.17, 15) is 4.39 Å². The SMILES string of the molecule is CCCc1nc(Cl)c(C)c(Nc2cc(OC)ccc2F)n1. The second-order valence-corrected chi connectivity index (χ2v) is 4.98. The van der Waals surface area contributed by atoms with Crippen molar-refractivity contribution in [2.75, 3.05) is 12.4 Å². The number of anilines is 2. The smallest absolute Gasteiger partial charge is 0.146 e. The van der Waals surface area contributed by atoms with E-state index in [1.54, 1.807) is 19.1 Å². The van der Waals surface area contributed by atoms with Crippen molar-refractivity contribution in [3.05, 3.63) is 40.6 Å². The van der Waals surface area contributed by atoms with Crippen LogP contribution in [0.25, 0.3) is 0 Å². The van der Waals surface area contributed by atoms with Gasteiger partial charge < -0.3 is 10.1 Å². The number of aromatic nitrogens is 2. The maximum absolute atomic E-state index is 13.9. The Labute approximate surface area is 128 Å². The molecule has 0 atom stereocenters. The van der Waals surface area contributed by atoms with E-state index < -0.39 is 0 Å². The van der Waals surface area contributed by atoms with Gasteiger partial charge in [0.1, 0.15) is 28.4 Å². The molecule has 4 nitrogen and oxygen atoms in total. The zero-order valence-electron chi connectivity index (χ0n) is 12.2. The van der Waals surface area contributed by atoms with E-state index in [0.717, 1.165) is 12.8 Å². The Kier molecular flexibility index (Phi) is 4.96. The van der Waals surface area contributed by atoms with Crippen LogP contribution in [0.4, 0.5) is 15.9 Å². The summed E-state index contributed by atoms with van der Waals surface area (Å²) in [5.41, 5.74) is 0.966. The molecule has 0 bridgehead atoms. The minimum Gasteiger partial charge on any atom is -0.497 e. The monoisotopic (exact) mass is 309 g/mol. The van der Waals surface area contributed by atoms with Gasteiger partial charge in [-0.25, -0.2) is 14.4 Å². The van der Waals surface area contributed by atoms with Gasteiger partial charge >= 0.3 is 0 Å². The molecule has 0 saturated heterocycles. The number of nitrogens with zero attached hydrogens (tertiary/aromatic N) is 2. The van der Waals surface area contributed by atoms with Crippen LogP contribution in [0.15, 0.2) is 18.2 Å². The number of benzene rings is 1. The normalized spacial score (nSPS) is 10.5. The van der Waals surface area contributed by atoms with Gasteiger partial charge in [0.05, 0.1) is 12.8 Å². The van der Waals surface area contributed by atoms with Crippen molar-refractivity contribution >= 4 is 23.1 Å². The number of hydrogen-bond donors (Lipinski definition) is 1. The van der Waals surface area contributed by atoms with E-state index in [2.05, 4.69) is 15.3 Å². The summed E-state index contributed by atoms with van der Waals surface area (Å²) >= 11 is 6.11. The molecule has 0 spiro atoms. The van der Waals surface area contributed by atoms with E-state index in [1.807, 2.05) is 6.92 Å². The standard InChI is InChI=1S/C15H17ClFN3O/c1-4-5-13-19-14(16)9(2)15(20-13)18-12-8-10(21-3)6-7-11(12)17/h6-8H,4-5H2,1-3H3,(H,18,19,20). The molecule has 1 N–H and O–H groups in total. The molecule has 0 aliphatic rings. The molecule has 0 fully saturated rings. The summed E-state index contributed by atoms with van der Waals surface area (Å²) in [5, 5.41) is 3.34. The van der Waals surface area contributed by atoms with Gasteiger partial charge in [0.2, 0.25) is 0 Å². The zero-order valence-corrected chi connectivity index (χ0v) is 13.0. The van der Waals surface area contributed by atoms with E-state index >= 15 is 0 Å². The third-order valence-electron chi connectivity index (χ3n) is 3.03. The Bertz CT molecular complexity index is 649. The highest BCUT2D eigenvalue weighted by Gasteiger charge is 2.12. The lowest BCUT2D eigenvalue weighted by atomic mass is 10.2. The number of halogens is 2. The lowest BCUT2D eigenvalue weighted by Gasteiger charge is -2.12. The molecule has 6 heteroatoms. The summed E-state index contributed by atoms with van der Waals surface area (Å²) in [4.78, 5) is 8.62. The zero-order chi connectivity index (χ0) is 15.4. The van der Waals surface area contributed by atoms with Gasteiger partial charge in [-0.3, -0.25) is 0 Å². The number of rotatable bonds is 5. The van der Waals surface area contributed by atoms with E-state index in [0.29, 0.717) is 28.1 Å². The molecule has 21 heavy (non-hydrogen) atoms. The Morgan fingerprint density at radius 2 is 2.10 bits per heavy atom. The van der Waals surface area contributed by atoms with Crippen LogP contribution in [-0.2, 0) is 6.42 Å². The predicted octanol–water partition coefficient (Wildman–Crippen LogP) is 4.28. The van der Waals surface area contributed by atoms with Crippen molar-refractivity contribution in [2.24, 2.45) is 0 Å². The molecular weight excluding hydrogens is 293 g/mol. The quantitative estimate of drug-likeness (QED) is 0.837. The van der Waals surface area contributed by atoms with Crippen LogP contribution < -0.4 is 10.1 Å². The predicted molar refractivity (Wildman–Crippen MR) is 82.0 cm³/mol. The molecule has 0 saturated carbocycles. The van der Waals surface area contributed by atoms with Crippen LogP contribution in [-0.4, -0.2) is 17.1 Å². The first-order valence-corrected chi connectivity index (χ1v) is 7.06. The van der Waals surface area contributed by atoms with Gasteiger partial charge in [-0.15, -0.1) is 0 Å². The van der Waals surface area contributed by atoms with Crippen LogP contribution >= 0.6 is 11.6 Å². The average Bonchev–Trinajstić information content (AvgIpc) is 2.46. The van der Waals surface area contributed by atoms with Crippen molar-refractivity contribution in [3.8, 4) is 5.75 Å². The highest BCUT2D eigenvalue weighted by Crippen LogP contribution is 2.27. The number of hydrogen-bond acceptors (Lipinski definition) is 4. The molecule has 1 heterocycles. The third-order valence-corrected chi connectivity index (χ3v) is 3.40. The lowest BCUT2D eigenvalue weighted by molar-refractivity contribution is 0.414. The molecule has 112 valence electrons. The van der Waals surface area contributed by atoms with Gasteiger partial charge in [0.25, 0.3) is 0 Å². The molecule has 0 aliphatic heterocycles. The maximum atomic E-state index is 13.9. The largest absolute Gasteiger partial charge is 0.497 e. The van der Waals surface area contributed by atoms with Crippen LogP contribution in [0.1, 0.15) is 24.7 Å². The molecule has 1 aromatic carbocycles. The summed E-state index contributed by atoms with van der Waals surface area (Å²) in [6.45, 7) is 3.82. The van der Waals surface area contributed by atoms with Gasteiger partial charge in [-0.05, 0) is 25.5 Å². The second kappa shape index (κ2) is 6.72. The number of ether oxygens (including phenoxy) is 1. The topological polar surface area (TPSA) is 47.0 Å². The Morgan fingerprint density at radius 1 is 1.33 bits per heavy atom. The fraction of sp³-hybridized carbons (Fsp3) is 0.333. The van der Waals surface area contributed by atoms with Crippen LogP contribution in [0.2, 0.25) is 5.15 Å². The summed E-state index contributed by atoms with van der Waals surface area (Å²) in [5.74, 6) is 1.32. The highest BCUT2D eigenvalue weighted by molar-refractivity contribution is 6.30. The number of aryl methyl sites for hydroxylation is 1. The van der Waals surface area contributed by atoms with Gasteiger partial charge in [-0.2, -0.15) is 0 Å². The molecule has 0 unspecified atom stereocenters. The molecule has 2 aromatic rings. The average molecular weight is 310 g/mol. The first kappa shape index (κ1) is 15.5. The van der Waals surface area contributed by atoms with Crippen LogP contribution in [0.5, 0.6) is 5.75 Å². The Morgan fingerprint density at radius 3 is 2.76 bits per heavy atom. The third kappa shape index (κ3) is 3.61. The molecule has 1 aromatic heterocycles. The highest BCUT2D eigenvalue weighted by atomic mass is 35.5. The van der Waals surface area contributed by atoms with Crippen molar-refractivity contribution < 1.29 is 9.13 Å². The minimum absolute atomic E-state index is 0.287. The van der Waals surface area contributed by atoms with Gasteiger partial charge in [-0.1, -0.05) is 18.5 Å². The van der Waals surface area contributed by atoms with E-state index in [-0.39, 0.29) is 11.5 Å². The molecule has 0 amide bonds. The first-order valence-electron chi connectivity index (χ1n) is 6.68. The minimum atomic E-state index is -0.387. The van der Waals surface area contributed by atoms with Crippen molar-refractivity contribution in [1.82, 2.24) is 9.97 Å². The second-order valence-electron chi connectivity index (χ2n) is 4.63. The molecular formula is C15H17ClFN3O. The maximum Gasteiger partial charge on any atom is 0.146 e. The van der Waals surface area contributed by atoms with Crippen LogP contribution in [0, 0.1) is 12.7 Å². The van der Waals surface area contributed by atoms with Crippen LogP contribution in [0.3, 0.4) is 0 Å². The summed E-state index contributed by atoms with van der Waals surface area (Å²) in [6, 6.07) is 4.47. The Balaban J connectivity index is 2.38. The number of nitrogens with one attached hydrogen (secondary N) is 1. The fourth-order valence-electron chi connectivity index (χ4n) is 1.84. The van der Waals surface area contributed by atoms with Crippen molar-refractivity contribution in [1.29, 1.82) is 0 Å². The lowest BCUT2D eigenvalue weighted by Crippen LogP contribution is -2.05. The van der Waals surface area contributed by atoms with E-state index in [1.165, 1.54) is 13.2 Å². The molecule has 0 aliphatic carbocycles. The molecule has 0 radical (unpaired) electrons. The number of methoxy groups -OCH3 is 1. The summed E-state index contributed by atoms with van der Waals surface area (Å²) in [6.07, 6.45) is 1.63. The van der Waals surface area contributed by atoms with Gasteiger partial charge in [0, 0.05) is 18.1 Å². The Hall–Kier alpha value is -1.88. The first-order chi connectivity index (χ1) is 10.0. The summed E-state index contributed by atoms with van der Waals surface area (Å²) in [7, 11) is 1.53. The van der Waals surface area contributed by atoms with Crippen molar-refractivity contribution in [2.45, 2.75) is 26.7 Å². The van der Waals surface area contributed by atoms with Crippen molar-refractivity contribution in [3.63, 3.8) is 0 Å². The summed E-state index contributed by atoms with van der Waals surface area (Å²) < 4.78 is 19.0. The van der Waals surface area contributed by atoms with E-state index in [4.69, 9.17) is 16.3 Å².